The Bertz CT molecular complexity index is 292. The van der Waals surface area contributed by atoms with Crippen LogP contribution in [0.4, 0.5) is 0 Å². The summed E-state index contributed by atoms with van der Waals surface area (Å²) < 4.78 is 4.60. The molecule has 0 radical (unpaired) electrons. The van der Waals surface area contributed by atoms with Crippen LogP contribution in [0.5, 0.6) is 0 Å². The van der Waals surface area contributed by atoms with Crippen LogP contribution in [0.3, 0.4) is 0 Å². The maximum absolute atomic E-state index is 10.9. The second-order valence-electron chi connectivity index (χ2n) is 5.01. The van der Waals surface area contributed by atoms with Gasteiger partial charge in [0.05, 0.1) is 7.11 Å². The molecule has 1 saturated carbocycles. The van der Waals surface area contributed by atoms with Crippen molar-refractivity contribution in [1.82, 2.24) is 10.6 Å². The molecule has 5 nitrogen and oxygen atoms in total. The molecule has 2 N–H and O–H groups in total. The molecule has 0 unspecified atom stereocenters. The fourth-order valence-electron chi connectivity index (χ4n) is 2.34. The minimum Gasteiger partial charge on any atom is -0.469 e. The van der Waals surface area contributed by atoms with Crippen molar-refractivity contribution in [3.8, 4) is 0 Å². The Balaban J connectivity index is 0.00000361. The molecule has 6 heteroatoms. The van der Waals surface area contributed by atoms with E-state index in [2.05, 4.69) is 20.4 Å². The van der Waals surface area contributed by atoms with Crippen molar-refractivity contribution in [2.75, 3.05) is 20.7 Å². The van der Waals surface area contributed by atoms with E-state index in [-0.39, 0.29) is 29.9 Å². The number of ether oxygens (including phenoxy) is 1. The van der Waals surface area contributed by atoms with Gasteiger partial charge in [0, 0.05) is 26.1 Å². The summed E-state index contributed by atoms with van der Waals surface area (Å²) in [6, 6.07) is 0.565. The number of nitrogens with one attached hydrogen (secondary N) is 2. The fraction of sp³-hybridized carbons (Fsp3) is 0.857. The Kier molecular flexibility index (Phi) is 11.9. The van der Waals surface area contributed by atoms with E-state index in [0.717, 1.165) is 25.3 Å². The van der Waals surface area contributed by atoms with Crippen molar-refractivity contribution in [2.24, 2.45) is 4.99 Å². The average molecular weight is 397 g/mol. The molecule has 0 heterocycles. The van der Waals surface area contributed by atoms with Gasteiger partial charge in [0.1, 0.15) is 0 Å². The smallest absolute Gasteiger partial charge is 0.305 e. The van der Waals surface area contributed by atoms with E-state index >= 15 is 0 Å². The number of hydrogen-bond donors (Lipinski definition) is 2. The molecule has 1 rings (SSSR count). The van der Waals surface area contributed by atoms with Crippen LogP contribution in [0.1, 0.15) is 51.4 Å². The van der Waals surface area contributed by atoms with Crippen LogP contribution in [-0.4, -0.2) is 38.7 Å². The van der Waals surface area contributed by atoms with E-state index in [0.29, 0.717) is 12.5 Å². The maximum Gasteiger partial charge on any atom is 0.305 e. The first-order chi connectivity index (χ1) is 9.26. The molecule has 0 bridgehead atoms. The van der Waals surface area contributed by atoms with Crippen molar-refractivity contribution in [3.63, 3.8) is 0 Å². The third kappa shape index (κ3) is 8.60. The van der Waals surface area contributed by atoms with E-state index in [1.165, 1.54) is 39.2 Å². The van der Waals surface area contributed by atoms with Crippen LogP contribution in [0, 0.1) is 0 Å². The molecule has 0 saturated heterocycles. The third-order valence-electron chi connectivity index (χ3n) is 3.50. The number of hydrogen-bond acceptors (Lipinski definition) is 3. The second-order valence-corrected chi connectivity index (χ2v) is 5.01. The summed E-state index contributed by atoms with van der Waals surface area (Å²) in [6.07, 6.45) is 8.75. The van der Waals surface area contributed by atoms with Gasteiger partial charge in [0.2, 0.25) is 0 Å². The lowest BCUT2D eigenvalue weighted by Gasteiger charge is -2.24. The van der Waals surface area contributed by atoms with Crippen LogP contribution in [0.15, 0.2) is 4.99 Å². The van der Waals surface area contributed by atoms with Crippen LogP contribution in [0.2, 0.25) is 0 Å². The first-order valence-corrected chi connectivity index (χ1v) is 7.30. The normalized spacial score (nSPS) is 16.2. The summed E-state index contributed by atoms with van der Waals surface area (Å²) in [7, 11) is 3.23. The van der Waals surface area contributed by atoms with Gasteiger partial charge in [-0.2, -0.15) is 0 Å². The van der Waals surface area contributed by atoms with Crippen molar-refractivity contribution >= 4 is 35.9 Å². The Hall–Kier alpha value is -0.530. The topological polar surface area (TPSA) is 62.7 Å². The van der Waals surface area contributed by atoms with E-state index in [9.17, 15) is 4.79 Å². The molecule has 1 aliphatic rings. The number of carbonyl (C=O) groups excluding carboxylic acids is 1. The molecule has 1 aliphatic carbocycles. The van der Waals surface area contributed by atoms with Crippen LogP contribution >= 0.6 is 24.0 Å². The fourth-order valence-corrected chi connectivity index (χ4v) is 2.34. The first-order valence-electron chi connectivity index (χ1n) is 7.30. The number of nitrogens with zero attached hydrogens (tertiary/aromatic N) is 1. The number of rotatable bonds is 6. The van der Waals surface area contributed by atoms with E-state index in [4.69, 9.17) is 0 Å². The summed E-state index contributed by atoms with van der Waals surface area (Å²) in [5, 5.41) is 6.76. The Morgan fingerprint density at radius 1 is 1.25 bits per heavy atom. The van der Waals surface area contributed by atoms with E-state index < -0.39 is 0 Å². The van der Waals surface area contributed by atoms with Crippen molar-refractivity contribution in [3.05, 3.63) is 0 Å². The van der Waals surface area contributed by atoms with Gasteiger partial charge in [-0.15, -0.1) is 24.0 Å². The number of unbranched alkanes of at least 4 members (excludes halogenated alkanes) is 1. The second kappa shape index (κ2) is 12.2. The lowest BCUT2D eigenvalue weighted by Crippen LogP contribution is -2.44. The molecular formula is C14H28IN3O2. The van der Waals surface area contributed by atoms with Gasteiger partial charge in [-0.25, -0.2) is 0 Å². The lowest BCUT2D eigenvalue weighted by molar-refractivity contribution is -0.140. The quantitative estimate of drug-likeness (QED) is 0.238. The molecule has 0 aliphatic heterocycles. The molecule has 0 aromatic rings. The molecule has 0 atom stereocenters. The number of halogens is 1. The van der Waals surface area contributed by atoms with E-state index in [1.807, 2.05) is 0 Å². The monoisotopic (exact) mass is 397 g/mol. The Labute approximate surface area is 139 Å². The summed E-state index contributed by atoms with van der Waals surface area (Å²) in [4.78, 5) is 15.2. The average Bonchev–Trinajstić information content (AvgIpc) is 2.46. The molecular weight excluding hydrogens is 369 g/mol. The lowest BCUT2D eigenvalue weighted by atomic mass is 9.96. The van der Waals surface area contributed by atoms with Gasteiger partial charge in [-0.1, -0.05) is 19.3 Å². The number of guanidine groups is 1. The Morgan fingerprint density at radius 3 is 2.55 bits per heavy atom. The van der Waals surface area contributed by atoms with Crippen molar-refractivity contribution < 1.29 is 9.53 Å². The highest BCUT2D eigenvalue weighted by molar-refractivity contribution is 14.0. The number of esters is 1. The molecule has 0 aromatic carbocycles. The highest BCUT2D eigenvalue weighted by atomic mass is 127. The SMILES string of the molecule is CN=C(NCCCCC(=O)OC)NC1CCCCC1.I. The third-order valence-corrected chi connectivity index (χ3v) is 3.50. The minimum absolute atomic E-state index is 0. The zero-order valence-corrected chi connectivity index (χ0v) is 14.9. The van der Waals surface area contributed by atoms with Crippen LogP contribution < -0.4 is 10.6 Å². The van der Waals surface area contributed by atoms with Crippen molar-refractivity contribution in [1.29, 1.82) is 0 Å². The predicted molar refractivity (Wildman–Crippen MR) is 92.7 cm³/mol. The van der Waals surface area contributed by atoms with Gasteiger partial charge in [-0.3, -0.25) is 9.79 Å². The van der Waals surface area contributed by atoms with Crippen LogP contribution in [0.25, 0.3) is 0 Å². The molecule has 0 spiro atoms. The number of aliphatic imine (C=N–C) groups is 1. The summed E-state index contributed by atoms with van der Waals surface area (Å²) >= 11 is 0. The van der Waals surface area contributed by atoms with E-state index in [1.54, 1.807) is 7.05 Å². The van der Waals surface area contributed by atoms with Crippen molar-refractivity contribution in [2.45, 2.75) is 57.4 Å². The highest BCUT2D eigenvalue weighted by Gasteiger charge is 2.14. The van der Waals surface area contributed by atoms with Gasteiger partial charge in [0.25, 0.3) is 0 Å². The Morgan fingerprint density at radius 2 is 1.95 bits per heavy atom. The molecule has 20 heavy (non-hydrogen) atoms. The highest BCUT2D eigenvalue weighted by Crippen LogP contribution is 2.17. The number of methoxy groups -OCH3 is 1. The largest absolute Gasteiger partial charge is 0.469 e. The molecule has 0 aromatic heterocycles. The number of carbonyl (C=O) groups is 1. The minimum atomic E-state index is -0.135. The van der Waals surface area contributed by atoms with Gasteiger partial charge >= 0.3 is 5.97 Å². The summed E-state index contributed by atoms with van der Waals surface area (Å²) in [5.74, 6) is 0.745. The summed E-state index contributed by atoms with van der Waals surface area (Å²) in [5.41, 5.74) is 0. The van der Waals surface area contributed by atoms with Crippen LogP contribution in [-0.2, 0) is 9.53 Å². The molecule has 0 amide bonds. The first kappa shape index (κ1) is 19.5. The molecule has 118 valence electrons. The molecule has 1 fully saturated rings. The van der Waals surface area contributed by atoms with Gasteiger partial charge in [0.15, 0.2) is 5.96 Å². The standard InChI is InChI=1S/C14H27N3O2.HI/c1-15-14(17-12-8-4-3-5-9-12)16-11-7-6-10-13(18)19-2;/h12H,3-11H2,1-2H3,(H2,15,16,17);1H. The van der Waals surface area contributed by atoms with Gasteiger partial charge < -0.3 is 15.4 Å². The predicted octanol–water partition coefficient (Wildman–Crippen LogP) is 2.45. The zero-order valence-electron chi connectivity index (χ0n) is 12.6. The summed E-state index contributed by atoms with van der Waals surface area (Å²) in [6.45, 7) is 0.837. The zero-order chi connectivity index (χ0) is 13.9. The maximum atomic E-state index is 10.9. The van der Waals surface area contributed by atoms with Gasteiger partial charge in [-0.05, 0) is 25.7 Å².